The van der Waals surface area contributed by atoms with E-state index in [1.54, 1.807) is 12.1 Å². The Balaban J connectivity index is 0.000000606. The van der Waals surface area contributed by atoms with E-state index in [0.717, 1.165) is 16.7 Å². The first-order chi connectivity index (χ1) is 7.77. The van der Waals surface area contributed by atoms with E-state index in [0.29, 0.717) is 0 Å². The van der Waals surface area contributed by atoms with Crippen LogP contribution in [-0.2, 0) is 16.3 Å². The summed E-state index contributed by atoms with van der Waals surface area (Å²) in [5, 5.41) is 0. The van der Waals surface area contributed by atoms with E-state index in [9.17, 15) is 4.39 Å². The van der Waals surface area contributed by atoms with Gasteiger partial charge in [-0.3, -0.25) is 0 Å². The molecule has 0 bridgehead atoms. The Morgan fingerprint density at radius 3 is 2.62 bits per heavy atom. The van der Waals surface area contributed by atoms with E-state index >= 15 is 0 Å². The molecule has 0 atom stereocenters. The van der Waals surface area contributed by atoms with Gasteiger partial charge in [0.05, 0.1) is 0 Å². The maximum absolute atomic E-state index is 13.0. The van der Waals surface area contributed by atoms with Crippen molar-refractivity contribution >= 4 is 13.6 Å². The van der Waals surface area contributed by atoms with Gasteiger partial charge in [-0.15, -0.1) is 5.56 Å². The normalized spacial score (nSPS) is 9.31. The molecule has 0 spiro atoms. The summed E-state index contributed by atoms with van der Waals surface area (Å²) in [6.07, 6.45) is 0. The Hall–Kier alpha value is -0.527. The summed E-state index contributed by atoms with van der Waals surface area (Å²) in [5.74, 6) is -0.200. The molecule has 0 N–H and O–H groups in total. The van der Waals surface area contributed by atoms with Crippen molar-refractivity contribution < 1.29 is 20.7 Å². The van der Waals surface area contributed by atoms with E-state index in [-0.39, 0.29) is 5.82 Å². The molecule has 0 aromatic heterocycles. The Labute approximate surface area is 112 Å². The van der Waals surface area contributed by atoms with E-state index in [1.165, 1.54) is 22.4 Å². The van der Waals surface area contributed by atoms with Gasteiger partial charge in [-0.1, -0.05) is 17.2 Å². The number of benzene rings is 2. The van der Waals surface area contributed by atoms with Crippen LogP contribution in [-0.4, -0.2) is 0 Å². The third-order valence-corrected chi connectivity index (χ3v) is 2.22. The molecule has 0 saturated heterocycles. The Morgan fingerprint density at radius 1 is 1.25 bits per heavy atom. The van der Waals surface area contributed by atoms with Crippen molar-refractivity contribution in [1.29, 1.82) is 0 Å². The van der Waals surface area contributed by atoms with Crippen molar-refractivity contribution in [2.24, 2.45) is 0 Å². The van der Waals surface area contributed by atoms with Crippen LogP contribution in [0.1, 0.15) is 5.56 Å². The molecule has 0 aliphatic rings. The average molecular weight is 331 g/mol. The van der Waals surface area contributed by atoms with Crippen LogP contribution in [0.3, 0.4) is 0 Å². The summed E-state index contributed by atoms with van der Waals surface area (Å²) < 4.78 is 13.0. The molecule has 2 aromatic rings. The number of halogens is 2. The van der Waals surface area contributed by atoms with Crippen molar-refractivity contribution in [3.05, 3.63) is 59.9 Å². The van der Waals surface area contributed by atoms with Gasteiger partial charge >= 0.3 is 30.0 Å². The maximum atomic E-state index is 13.0. The van der Waals surface area contributed by atoms with Gasteiger partial charge in [-0.2, -0.15) is 30.3 Å². The van der Waals surface area contributed by atoms with E-state index < -0.39 is 0 Å². The zero-order valence-electron chi connectivity index (χ0n) is 9.00. The fourth-order valence-corrected chi connectivity index (χ4v) is 1.47. The molecule has 0 radical (unpaired) electrons. The second-order valence-corrected chi connectivity index (χ2v) is 3.25. The number of rotatable bonds is 1. The van der Waals surface area contributed by atoms with Crippen LogP contribution in [0, 0.1) is 18.8 Å². The summed E-state index contributed by atoms with van der Waals surface area (Å²) >= 11 is 4.25. The van der Waals surface area contributed by atoms with Gasteiger partial charge in [0.25, 0.3) is 0 Å². The predicted molar refractivity (Wildman–Crippen MR) is 64.3 cm³/mol. The first-order valence-electron chi connectivity index (χ1n) is 4.77. The topological polar surface area (TPSA) is 0 Å². The fraction of sp³-hybridized carbons (Fsp3) is 0.0769. The van der Waals surface area contributed by atoms with Crippen LogP contribution >= 0.6 is 13.6 Å². The molecular weight excluding hydrogens is 320 g/mol. The standard InChI is InChI=1S/C13H10F.BrH.Zn/c1-10-7-8-12(14)9-13(10)11-5-3-2-4-6-11;;/h2-3,5-9H,1H3;1H;/q-1;;+2/p-1. The molecule has 0 aliphatic heterocycles. The third kappa shape index (κ3) is 3.50. The second-order valence-electron chi connectivity index (χ2n) is 3.25. The fourth-order valence-electron chi connectivity index (χ4n) is 1.47. The van der Waals surface area contributed by atoms with Crippen LogP contribution < -0.4 is 0 Å². The van der Waals surface area contributed by atoms with Crippen LogP contribution in [0.4, 0.5) is 4.39 Å². The van der Waals surface area contributed by atoms with E-state index in [1.807, 2.05) is 31.2 Å². The zero-order valence-corrected chi connectivity index (χ0v) is 13.6. The van der Waals surface area contributed by atoms with Crippen LogP contribution in [0.5, 0.6) is 0 Å². The number of aryl methyl sites for hydroxylation is 1. The Bertz CT molecular complexity index is 443. The van der Waals surface area contributed by atoms with Crippen LogP contribution in [0.15, 0.2) is 42.5 Å². The van der Waals surface area contributed by atoms with Crippen molar-refractivity contribution in [2.75, 3.05) is 0 Å². The van der Waals surface area contributed by atoms with Gasteiger partial charge in [-0.25, -0.2) is 4.39 Å². The molecule has 0 amide bonds. The monoisotopic (exact) mass is 328 g/mol. The molecule has 0 fully saturated rings. The van der Waals surface area contributed by atoms with Crippen molar-refractivity contribution in [3.8, 4) is 11.1 Å². The van der Waals surface area contributed by atoms with Crippen molar-refractivity contribution in [3.63, 3.8) is 0 Å². The summed E-state index contributed by atoms with van der Waals surface area (Å²) in [4.78, 5) is 0. The Morgan fingerprint density at radius 2 is 2.00 bits per heavy atom. The second kappa shape index (κ2) is 6.93. The molecule has 3 heteroatoms. The molecule has 2 aromatic carbocycles. The minimum absolute atomic E-state index is 0.200. The molecule has 16 heavy (non-hydrogen) atoms. The van der Waals surface area contributed by atoms with Gasteiger partial charge < -0.3 is 0 Å². The summed E-state index contributed by atoms with van der Waals surface area (Å²) in [6.45, 7) is 1.97. The molecular formula is C13H10BrFZn. The SMILES string of the molecule is Cc1ccc(F)cc1-c1c[c-]ccc1.[Zn+][Br]. The summed E-state index contributed by atoms with van der Waals surface area (Å²) in [5.41, 5.74) is 3.01. The van der Waals surface area contributed by atoms with E-state index in [2.05, 4.69) is 19.7 Å². The van der Waals surface area contributed by atoms with Gasteiger partial charge in [-0.05, 0) is 19.1 Å². The predicted octanol–water partition coefficient (Wildman–Crippen LogP) is 4.44. The molecule has 2 rings (SSSR count). The van der Waals surface area contributed by atoms with Crippen LogP contribution in [0.25, 0.3) is 11.1 Å². The third-order valence-electron chi connectivity index (χ3n) is 2.22. The number of hydrogen-bond donors (Lipinski definition) is 0. The number of hydrogen-bond acceptors (Lipinski definition) is 0. The van der Waals surface area contributed by atoms with Gasteiger partial charge in [0, 0.05) is 0 Å². The molecule has 0 heterocycles. The first kappa shape index (κ1) is 13.5. The van der Waals surface area contributed by atoms with Crippen LogP contribution in [0.2, 0.25) is 0 Å². The van der Waals surface area contributed by atoms with Crippen molar-refractivity contribution in [2.45, 2.75) is 6.92 Å². The first-order valence-corrected chi connectivity index (χ1v) is 11.7. The molecule has 0 unspecified atom stereocenters. The van der Waals surface area contributed by atoms with Gasteiger partial charge in [0.2, 0.25) is 0 Å². The Kier molecular flexibility index (Phi) is 5.86. The molecule has 78 valence electrons. The average Bonchev–Trinajstić information content (AvgIpc) is 2.36. The van der Waals surface area contributed by atoms with E-state index in [4.69, 9.17) is 0 Å². The zero-order chi connectivity index (χ0) is 12.0. The van der Waals surface area contributed by atoms with Gasteiger partial charge in [0.15, 0.2) is 0 Å². The summed E-state index contributed by atoms with van der Waals surface area (Å²) in [7, 11) is 0. The van der Waals surface area contributed by atoms with Gasteiger partial charge in [0.1, 0.15) is 5.82 Å². The quantitative estimate of drug-likeness (QED) is 0.535. The molecule has 0 saturated carbocycles. The molecule has 0 aliphatic carbocycles. The minimum atomic E-state index is -0.200. The summed E-state index contributed by atoms with van der Waals surface area (Å²) in [6, 6.07) is 15.4. The molecule has 0 nitrogen and oxygen atoms in total. The van der Waals surface area contributed by atoms with Crippen molar-refractivity contribution in [1.82, 2.24) is 0 Å².